The van der Waals surface area contributed by atoms with Crippen LogP contribution in [0.3, 0.4) is 0 Å². The van der Waals surface area contributed by atoms with Gasteiger partial charge in [0.15, 0.2) is 0 Å². The number of aliphatic hydroxyl groups excluding tert-OH is 1. The molecule has 0 spiro atoms. The Hall–Kier alpha value is -2.93. The zero-order chi connectivity index (χ0) is 20.0. The largest absolute Gasteiger partial charge is 0.386 e. The van der Waals surface area contributed by atoms with Crippen LogP contribution in [0.25, 0.3) is 0 Å². The molecular formula is C20H24FN3O3. The number of hydrogen-bond donors (Lipinski definition) is 4. The molecule has 144 valence electrons. The van der Waals surface area contributed by atoms with Crippen LogP contribution in [0.4, 0.5) is 9.18 Å². The highest BCUT2D eigenvalue weighted by Gasteiger charge is 2.25. The molecule has 0 aliphatic rings. The van der Waals surface area contributed by atoms with Gasteiger partial charge >= 0.3 is 6.03 Å². The van der Waals surface area contributed by atoms with Gasteiger partial charge in [-0.25, -0.2) is 9.18 Å². The molecule has 2 rings (SSSR count). The summed E-state index contributed by atoms with van der Waals surface area (Å²) in [6.07, 6.45) is -0.854. The highest BCUT2D eigenvalue weighted by molar-refractivity contribution is 5.87. The minimum atomic E-state index is -1.10. The normalized spacial score (nSPS) is 14.1. The summed E-state index contributed by atoms with van der Waals surface area (Å²) >= 11 is 0. The van der Waals surface area contributed by atoms with Crippen molar-refractivity contribution in [2.75, 3.05) is 0 Å². The summed E-state index contributed by atoms with van der Waals surface area (Å²) < 4.78 is 13.7. The Morgan fingerprint density at radius 2 is 1.81 bits per heavy atom. The predicted molar refractivity (Wildman–Crippen MR) is 100 cm³/mol. The molecule has 0 aliphatic carbocycles. The minimum Gasteiger partial charge on any atom is -0.386 e. The van der Waals surface area contributed by atoms with E-state index in [9.17, 15) is 19.1 Å². The monoisotopic (exact) mass is 373 g/mol. The van der Waals surface area contributed by atoms with Crippen LogP contribution < -0.4 is 16.4 Å². The first-order valence-corrected chi connectivity index (χ1v) is 8.62. The molecular weight excluding hydrogens is 349 g/mol. The number of carbonyl (C=O) groups is 2. The van der Waals surface area contributed by atoms with Gasteiger partial charge in [-0.05, 0) is 36.6 Å². The molecule has 0 radical (unpaired) electrons. The van der Waals surface area contributed by atoms with Gasteiger partial charge in [0.05, 0.1) is 12.1 Å². The fourth-order valence-electron chi connectivity index (χ4n) is 2.72. The standard InChI is InChI=1S/C20H24FN3O3/c1-12-8-9-15(11-16(12)21)18(25)13(2)23-19(26)17(24-20(22)27)10-14-6-4-3-5-7-14/h3-9,11,13,17-18,25H,10H2,1-2H3,(H,23,26)(H3,22,24,27). The molecule has 0 fully saturated rings. The van der Waals surface area contributed by atoms with Gasteiger partial charge in [0, 0.05) is 6.42 Å². The molecule has 0 bridgehead atoms. The predicted octanol–water partition coefficient (Wildman–Crippen LogP) is 1.95. The molecule has 0 aliphatic heterocycles. The molecule has 2 aromatic carbocycles. The Kier molecular flexibility index (Phi) is 6.90. The topological polar surface area (TPSA) is 104 Å². The van der Waals surface area contributed by atoms with Crippen molar-refractivity contribution in [3.8, 4) is 0 Å². The van der Waals surface area contributed by atoms with Crippen molar-refractivity contribution in [2.45, 2.75) is 38.5 Å². The van der Waals surface area contributed by atoms with Crippen molar-refractivity contribution < 1.29 is 19.1 Å². The van der Waals surface area contributed by atoms with Crippen molar-refractivity contribution in [1.29, 1.82) is 0 Å². The number of carbonyl (C=O) groups excluding carboxylic acids is 2. The van der Waals surface area contributed by atoms with Crippen molar-refractivity contribution >= 4 is 11.9 Å². The maximum absolute atomic E-state index is 13.7. The van der Waals surface area contributed by atoms with Gasteiger partial charge in [-0.3, -0.25) is 4.79 Å². The molecule has 3 amide bonds. The summed E-state index contributed by atoms with van der Waals surface area (Å²) in [5.41, 5.74) is 6.85. The molecule has 3 atom stereocenters. The van der Waals surface area contributed by atoms with Gasteiger partial charge in [-0.2, -0.15) is 0 Å². The number of nitrogens with two attached hydrogens (primary N) is 1. The van der Waals surface area contributed by atoms with Crippen molar-refractivity contribution in [1.82, 2.24) is 10.6 Å². The highest BCUT2D eigenvalue weighted by atomic mass is 19.1. The second-order valence-electron chi connectivity index (χ2n) is 6.50. The molecule has 0 heterocycles. The number of benzene rings is 2. The van der Waals surface area contributed by atoms with Crippen LogP contribution >= 0.6 is 0 Å². The van der Waals surface area contributed by atoms with Crippen LogP contribution in [0, 0.1) is 12.7 Å². The number of urea groups is 1. The average molecular weight is 373 g/mol. The van der Waals surface area contributed by atoms with Crippen LogP contribution in [0.1, 0.15) is 29.7 Å². The summed E-state index contributed by atoms with van der Waals surface area (Å²) in [6, 6.07) is 11.2. The van der Waals surface area contributed by atoms with Gasteiger partial charge in [-0.15, -0.1) is 0 Å². The fraction of sp³-hybridized carbons (Fsp3) is 0.300. The summed E-state index contributed by atoms with van der Waals surface area (Å²) in [5.74, 6) is -0.917. The third kappa shape index (κ3) is 5.79. The molecule has 6 nitrogen and oxygen atoms in total. The van der Waals surface area contributed by atoms with E-state index in [0.29, 0.717) is 11.1 Å². The molecule has 27 heavy (non-hydrogen) atoms. The van der Waals surface area contributed by atoms with Crippen LogP contribution in [0.2, 0.25) is 0 Å². The van der Waals surface area contributed by atoms with E-state index in [2.05, 4.69) is 10.6 Å². The van der Waals surface area contributed by atoms with Crippen LogP contribution in [0.5, 0.6) is 0 Å². The van der Waals surface area contributed by atoms with Crippen molar-refractivity contribution in [3.05, 3.63) is 71.0 Å². The van der Waals surface area contributed by atoms with Crippen molar-refractivity contribution in [2.24, 2.45) is 5.73 Å². The Morgan fingerprint density at radius 1 is 1.15 bits per heavy atom. The lowest BCUT2D eigenvalue weighted by Gasteiger charge is -2.24. The molecule has 5 N–H and O–H groups in total. The molecule has 0 saturated heterocycles. The summed E-state index contributed by atoms with van der Waals surface area (Å²) in [5, 5.41) is 15.5. The van der Waals surface area contributed by atoms with E-state index < -0.39 is 35.9 Å². The number of nitrogens with one attached hydrogen (secondary N) is 2. The number of primary amides is 1. The Balaban J connectivity index is 2.07. The first kappa shape index (κ1) is 20.4. The zero-order valence-electron chi connectivity index (χ0n) is 15.3. The van der Waals surface area contributed by atoms with E-state index in [1.54, 1.807) is 26.0 Å². The lowest BCUT2D eigenvalue weighted by molar-refractivity contribution is -0.124. The first-order chi connectivity index (χ1) is 12.8. The zero-order valence-corrected chi connectivity index (χ0v) is 15.3. The van der Waals surface area contributed by atoms with Crippen LogP contribution in [-0.2, 0) is 11.2 Å². The number of aliphatic hydroxyl groups is 1. The number of amides is 3. The molecule has 2 aromatic rings. The van der Waals surface area contributed by atoms with E-state index in [0.717, 1.165) is 5.56 Å². The number of rotatable bonds is 7. The molecule has 7 heteroatoms. The average Bonchev–Trinajstić information content (AvgIpc) is 2.63. The van der Waals surface area contributed by atoms with Gasteiger partial charge in [0.1, 0.15) is 11.9 Å². The Labute approximate surface area is 157 Å². The van der Waals surface area contributed by atoms with Gasteiger partial charge in [0.2, 0.25) is 5.91 Å². The van der Waals surface area contributed by atoms with Gasteiger partial charge in [0.25, 0.3) is 0 Å². The quantitative estimate of drug-likeness (QED) is 0.596. The lowest BCUT2D eigenvalue weighted by Crippen LogP contribution is -2.52. The summed E-state index contributed by atoms with van der Waals surface area (Å²) in [4.78, 5) is 23.8. The maximum atomic E-state index is 13.7. The molecule has 0 aromatic heterocycles. The van der Waals surface area contributed by atoms with Crippen LogP contribution in [0.15, 0.2) is 48.5 Å². The van der Waals surface area contributed by atoms with E-state index in [1.165, 1.54) is 6.07 Å². The summed E-state index contributed by atoms with van der Waals surface area (Å²) in [6.45, 7) is 3.23. The van der Waals surface area contributed by atoms with Gasteiger partial charge < -0.3 is 21.5 Å². The highest BCUT2D eigenvalue weighted by Crippen LogP contribution is 2.19. The third-order valence-corrected chi connectivity index (χ3v) is 4.30. The third-order valence-electron chi connectivity index (χ3n) is 4.30. The second-order valence-corrected chi connectivity index (χ2v) is 6.50. The Bertz CT molecular complexity index is 798. The van der Waals surface area contributed by atoms with E-state index in [1.807, 2.05) is 30.3 Å². The SMILES string of the molecule is Cc1ccc(C(O)C(C)NC(=O)C(Cc2ccccc2)NC(N)=O)cc1F. The van der Waals surface area contributed by atoms with E-state index >= 15 is 0 Å². The van der Waals surface area contributed by atoms with Crippen LogP contribution in [-0.4, -0.2) is 29.1 Å². The molecule has 3 unspecified atom stereocenters. The smallest absolute Gasteiger partial charge is 0.312 e. The summed E-state index contributed by atoms with van der Waals surface area (Å²) in [7, 11) is 0. The first-order valence-electron chi connectivity index (χ1n) is 8.62. The Morgan fingerprint density at radius 3 is 2.41 bits per heavy atom. The number of hydrogen-bond acceptors (Lipinski definition) is 3. The lowest BCUT2D eigenvalue weighted by atomic mass is 10.0. The van der Waals surface area contributed by atoms with Crippen molar-refractivity contribution in [3.63, 3.8) is 0 Å². The number of halogens is 1. The van der Waals surface area contributed by atoms with Gasteiger partial charge in [-0.1, -0.05) is 42.5 Å². The minimum absolute atomic E-state index is 0.248. The second kappa shape index (κ2) is 9.14. The number of aryl methyl sites for hydroxylation is 1. The van der Waals surface area contributed by atoms with E-state index in [4.69, 9.17) is 5.73 Å². The maximum Gasteiger partial charge on any atom is 0.312 e. The fourth-order valence-corrected chi connectivity index (χ4v) is 2.72. The van der Waals surface area contributed by atoms with E-state index in [-0.39, 0.29) is 6.42 Å². The molecule has 0 saturated carbocycles.